The minimum atomic E-state index is -3.06. The number of sulfone groups is 1. The van der Waals surface area contributed by atoms with Crippen LogP contribution in [0.1, 0.15) is 6.42 Å². The van der Waals surface area contributed by atoms with Crippen LogP contribution in [0.25, 0.3) is 0 Å². The Balaban J connectivity index is 1.70. The average Bonchev–Trinajstić information content (AvgIpc) is 2.83. The van der Waals surface area contributed by atoms with Crippen molar-refractivity contribution in [2.45, 2.75) is 12.5 Å². The van der Waals surface area contributed by atoms with E-state index in [0.717, 1.165) is 0 Å². The maximum atomic E-state index is 11.7. The summed E-state index contributed by atoms with van der Waals surface area (Å²) in [7, 11) is -3.06. The van der Waals surface area contributed by atoms with Crippen molar-refractivity contribution >= 4 is 44.9 Å². The van der Waals surface area contributed by atoms with Crippen LogP contribution in [0.15, 0.2) is 18.2 Å². The predicted octanol–water partition coefficient (Wildman–Crippen LogP) is 0.792. The smallest absolute Gasteiger partial charge is 0.258 e. The maximum Gasteiger partial charge on any atom is 0.258 e. The number of benzene rings is 1. The Kier molecular flexibility index (Phi) is 6.31. The molecule has 1 aromatic rings. The average molecular weight is 395 g/mol. The molecular weight excluding hydrogens is 379 g/mol. The van der Waals surface area contributed by atoms with Crippen molar-refractivity contribution < 1.29 is 22.7 Å². The lowest BCUT2D eigenvalue weighted by atomic mass is 10.2. The Morgan fingerprint density at radius 3 is 2.62 bits per heavy atom. The minimum Gasteiger partial charge on any atom is -0.482 e. The number of hydrogen-bond donors (Lipinski definition) is 2. The van der Waals surface area contributed by atoms with Gasteiger partial charge in [-0.3, -0.25) is 9.59 Å². The van der Waals surface area contributed by atoms with Crippen LogP contribution in [0.5, 0.6) is 5.75 Å². The van der Waals surface area contributed by atoms with Crippen LogP contribution in [-0.4, -0.2) is 50.9 Å². The molecule has 2 N–H and O–H groups in total. The number of hydrogen-bond acceptors (Lipinski definition) is 5. The van der Waals surface area contributed by atoms with Crippen molar-refractivity contribution in [3.8, 4) is 5.75 Å². The molecule has 0 aromatic heterocycles. The van der Waals surface area contributed by atoms with Crippen molar-refractivity contribution in [2.24, 2.45) is 0 Å². The van der Waals surface area contributed by atoms with Gasteiger partial charge in [0.2, 0.25) is 5.91 Å². The van der Waals surface area contributed by atoms with Gasteiger partial charge in [0.1, 0.15) is 5.75 Å². The van der Waals surface area contributed by atoms with E-state index in [-0.39, 0.29) is 29.7 Å². The maximum absolute atomic E-state index is 11.7. The number of ether oxygens (including phenoxy) is 1. The number of halogens is 2. The molecule has 1 heterocycles. The molecule has 1 aromatic carbocycles. The van der Waals surface area contributed by atoms with Crippen molar-refractivity contribution in [1.82, 2.24) is 10.6 Å². The normalized spacial score (nSPS) is 18.8. The fourth-order valence-corrected chi connectivity index (χ4v) is 4.29. The first-order chi connectivity index (χ1) is 11.2. The van der Waals surface area contributed by atoms with E-state index in [9.17, 15) is 18.0 Å². The van der Waals surface area contributed by atoms with E-state index in [1.165, 1.54) is 12.1 Å². The molecule has 24 heavy (non-hydrogen) atoms. The Morgan fingerprint density at radius 2 is 2.00 bits per heavy atom. The van der Waals surface area contributed by atoms with Gasteiger partial charge in [-0.05, 0) is 24.6 Å². The van der Waals surface area contributed by atoms with E-state index in [1.807, 2.05) is 0 Å². The van der Waals surface area contributed by atoms with Crippen LogP contribution in [0.2, 0.25) is 10.0 Å². The first-order valence-corrected chi connectivity index (χ1v) is 9.67. The molecule has 132 valence electrons. The molecule has 1 aliphatic heterocycles. The predicted molar refractivity (Wildman–Crippen MR) is 90.2 cm³/mol. The zero-order valence-electron chi connectivity index (χ0n) is 12.6. The molecule has 7 nitrogen and oxygen atoms in total. The Labute approximate surface area is 149 Å². The van der Waals surface area contributed by atoms with Gasteiger partial charge in [-0.15, -0.1) is 0 Å². The summed E-state index contributed by atoms with van der Waals surface area (Å²) in [4.78, 5) is 23.3. The second-order valence-electron chi connectivity index (χ2n) is 5.31. The van der Waals surface area contributed by atoms with Gasteiger partial charge in [0, 0.05) is 11.1 Å². The lowest BCUT2D eigenvalue weighted by Gasteiger charge is -2.12. The fraction of sp³-hybridized carbons (Fsp3) is 0.429. The zero-order valence-corrected chi connectivity index (χ0v) is 14.9. The topological polar surface area (TPSA) is 102 Å². The van der Waals surface area contributed by atoms with Gasteiger partial charge in [0.25, 0.3) is 5.91 Å². The van der Waals surface area contributed by atoms with Crippen LogP contribution < -0.4 is 15.4 Å². The first kappa shape index (κ1) is 18.8. The lowest BCUT2D eigenvalue weighted by Crippen LogP contribution is -2.43. The van der Waals surface area contributed by atoms with E-state index in [4.69, 9.17) is 27.9 Å². The molecule has 2 amide bonds. The quantitative estimate of drug-likeness (QED) is 0.742. The highest BCUT2D eigenvalue weighted by atomic mass is 35.5. The number of nitrogens with one attached hydrogen (secondary N) is 2. The number of carbonyl (C=O) groups excluding carboxylic acids is 2. The molecule has 2 rings (SSSR count). The van der Waals surface area contributed by atoms with E-state index in [2.05, 4.69) is 10.6 Å². The van der Waals surface area contributed by atoms with Crippen LogP contribution in [-0.2, 0) is 19.4 Å². The van der Waals surface area contributed by atoms with E-state index in [0.29, 0.717) is 17.2 Å². The summed E-state index contributed by atoms with van der Waals surface area (Å²) in [5.41, 5.74) is 0. The molecule has 1 saturated heterocycles. The summed E-state index contributed by atoms with van der Waals surface area (Å²) in [5, 5.41) is 5.67. The zero-order chi connectivity index (χ0) is 17.7. The van der Waals surface area contributed by atoms with Crippen LogP contribution in [0, 0.1) is 0 Å². The van der Waals surface area contributed by atoms with Crippen LogP contribution >= 0.6 is 23.2 Å². The molecule has 0 bridgehead atoms. The molecule has 1 aliphatic rings. The van der Waals surface area contributed by atoms with Gasteiger partial charge in [0.15, 0.2) is 16.4 Å². The van der Waals surface area contributed by atoms with Gasteiger partial charge >= 0.3 is 0 Å². The molecule has 1 fully saturated rings. The van der Waals surface area contributed by atoms with Crippen molar-refractivity contribution in [2.75, 3.05) is 24.7 Å². The highest BCUT2D eigenvalue weighted by Crippen LogP contribution is 2.27. The number of rotatable bonds is 6. The standard InChI is InChI=1S/C14H16Cl2N2O5S/c15-9-1-2-12(11(16)5-9)23-7-14(20)17-6-13(19)18-10-3-4-24(21,22)8-10/h1-2,5,10H,3-4,6-8H2,(H,17,20)(H,18,19). The van der Waals surface area contributed by atoms with Crippen molar-refractivity contribution in [3.63, 3.8) is 0 Å². The molecule has 1 unspecified atom stereocenters. The highest BCUT2D eigenvalue weighted by Gasteiger charge is 2.28. The largest absolute Gasteiger partial charge is 0.482 e. The summed E-state index contributed by atoms with van der Waals surface area (Å²) in [6.07, 6.45) is 0.389. The first-order valence-electron chi connectivity index (χ1n) is 7.09. The Hall–Kier alpha value is -1.51. The van der Waals surface area contributed by atoms with Crippen LogP contribution in [0.3, 0.4) is 0 Å². The molecule has 0 radical (unpaired) electrons. The number of amides is 2. The third kappa shape index (κ3) is 5.85. The molecular formula is C14H16Cl2N2O5S. The summed E-state index contributed by atoms with van der Waals surface area (Å²) < 4.78 is 27.8. The molecule has 10 heteroatoms. The fourth-order valence-electron chi connectivity index (χ4n) is 2.15. The molecule has 0 aliphatic carbocycles. The third-order valence-corrected chi connectivity index (χ3v) is 5.59. The van der Waals surface area contributed by atoms with Gasteiger partial charge in [-0.25, -0.2) is 8.42 Å². The van der Waals surface area contributed by atoms with Crippen molar-refractivity contribution in [3.05, 3.63) is 28.2 Å². The van der Waals surface area contributed by atoms with E-state index in [1.54, 1.807) is 6.07 Å². The Bertz CT molecular complexity index is 739. The van der Waals surface area contributed by atoms with Crippen LogP contribution in [0.4, 0.5) is 0 Å². The monoisotopic (exact) mass is 394 g/mol. The molecule has 1 atom stereocenters. The van der Waals surface area contributed by atoms with E-state index < -0.39 is 27.7 Å². The van der Waals surface area contributed by atoms with Crippen molar-refractivity contribution in [1.29, 1.82) is 0 Å². The summed E-state index contributed by atoms with van der Waals surface area (Å²) in [6.45, 7) is -0.570. The second kappa shape index (κ2) is 8.04. The SMILES string of the molecule is O=C(COc1ccc(Cl)cc1Cl)NCC(=O)NC1CCS(=O)(=O)C1. The van der Waals surface area contributed by atoms with Gasteiger partial charge in [0.05, 0.1) is 23.1 Å². The summed E-state index contributed by atoms with van der Waals surface area (Å²) >= 11 is 11.7. The van der Waals surface area contributed by atoms with E-state index >= 15 is 0 Å². The number of carbonyl (C=O) groups is 2. The molecule has 0 saturated carbocycles. The third-order valence-electron chi connectivity index (χ3n) is 3.30. The van der Waals surface area contributed by atoms with Gasteiger partial charge in [-0.1, -0.05) is 23.2 Å². The van der Waals surface area contributed by atoms with Gasteiger partial charge < -0.3 is 15.4 Å². The minimum absolute atomic E-state index is 0.0646. The highest BCUT2D eigenvalue weighted by molar-refractivity contribution is 7.91. The molecule has 0 spiro atoms. The van der Waals surface area contributed by atoms with Gasteiger partial charge in [-0.2, -0.15) is 0 Å². The Morgan fingerprint density at radius 1 is 1.25 bits per heavy atom. The summed E-state index contributed by atoms with van der Waals surface area (Å²) in [5.74, 6) is -0.646. The lowest BCUT2D eigenvalue weighted by molar-refractivity contribution is -0.127. The second-order valence-corrected chi connectivity index (χ2v) is 8.38. The summed E-state index contributed by atoms with van der Waals surface area (Å²) in [6, 6.07) is 4.19.